The first-order chi connectivity index (χ1) is 18.0. The van der Waals surface area contributed by atoms with Gasteiger partial charge in [0.25, 0.3) is 0 Å². The van der Waals surface area contributed by atoms with Gasteiger partial charge in [-0.25, -0.2) is 9.36 Å². The standard InChI is InChI=1S/C22H30N7O8P/c1-4-12-34-19(31)14(2)26-38(33,37-15-8-6-5-7-9-15)35-13-16-18(30)22(3,27-28-24)20(36-16)29-11-10-17(23)25-21(29)32/h5-11,14,16,18,20,30H,4,12-13H2,1-3H3,(H,26,33)(H2,23,25,32)/t14-,16+,18+,20?,22+,38?/m0/s1. The van der Waals surface area contributed by atoms with Crippen LogP contribution < -0.4 is 21.0 Å². The van der Waals surface area contributed by atoms with Crippen molar-refractivity contribution in [3.63, 3.8) is 0 Å². The van der Waals surface area contributed by atoms with Crippen molar-refractivity contribution in [1.82, 2.24) is 14.6 Å². The Hall–Kier alpha value is -3.45. The normalized spacial score (nSPS) is 25.1. The summed E-state index contributed by atoms with van der Waals surface area (Å²) in [6.07, 6.45) is -2.16. The van der Waals surface area contributed by atoms with E-state index in [1.807, 2.05) is 6.92 Å². The number of nitrogens with one attached hydrogen (secondary N) is 1. The molecule has 0 radical (unpaired) electrons. The molecule has 38 heavy (non-hydrogen) atoms. The average molecular weight is 551 g/mol. The molecule has 1 aromatic carbocycles. The Balaban J connectivity index is 1.85. The lowest BCUT2D eigenvalue weighted by Crippen LogP contribution is -2.45. The molecule has 3 rings (SSSR count). The second-order valence-corrected chi connectivity index (χ2v) is 10.3. The van der Waals surface area contributed by atoms with Gasteiger partial charge in [0.1, 0.15) is 29.3 Å². The lowest BCUT2D eigenvalue weighted by Gasteiger charge is -2.28. The summed E-state index contributed by atoms with van der Waals surface area (Å²) in [6, 6.07) is 8.35. The number of aromatic nitrogens is 2. The predicted octanol–water partition coefficient (Wildman–Crippen LogP) is 2.29. The Labute approximate surface area is 218 Å². The second-order valence-electron chi connectivity index (χ2n) is 8.65. The molecule has 2 unspecified atom stereocenters. The van der Waals surface area contributed by atoms with E-state index in [0.29, 0.717) is 6.42 Å². The van der Waals surface area contributed by atoms with Gasteiger partial charge in [-0.15, -0.1) is 0 Å². The zero-order chi connectivity index (χ0) is 27.9. The van der Waals surface area contributed by atoms with Crippen LogP contribution in [0.2, 0.25) is 0 Å². The number of aliphatic hydroxyl groups excluding tert-OH is 1. The number of hydrogen-bond acceptors (Lipinski definition) is 11. The zero-order valence-electron chi connectivity index (χ0n) is 21.0. The van der Waals surface area contributed by atoms with Crippen LogP contribution in [0.5, 0.6) is 5.75 Å². The molecule has 2 aromatic rings. The van der Waals surface area contributed by atoms with Crippen LogP contribution in [0.15, 0.2) is 52.5 Å². The Morgan fingerprint density at radius 1 is 1.42 bits per heavy atom. The van der Waals surface area contributed by atoms with E-state index < -0.39 is 56.0 Å². The summed E-state index contributed by atoms with van der Waals surface area (Å²) >= 11 is 0. The van der Waals surface area contributed by atoms with Crippen molar-refractivity contribution in [3.8, 4) is 5.75 Å². The topological polar surface area (TPSA) is 213 Å². The fraction of sp³-hybridized carbons (Fsp3) is 0.500. The molecule has 2 heterocycles. The number of anilines is 1. The number of benzene rings is 1. The van der Waals surface area contributed by atoms with Gasteiger partial charge in [-0.3, -0.25) is 13.9 Å². The fourth-order valence-electron chi connectivity index (χ4n) is 3.69. The summed E-state index contributed by atoms with van der Waals surface area (Å²) in [7, 11) is -4.27. The van der Waals surface area contributed by atoms with Gasteiger partial charge in [-0.2, -0.15) is 10.1 Å². The first kappa shape index (κ1) is 29.1. The highest BCUT2D eigenvalue weighted by Crippen LogP contribution is 2.47. The zero-order valence-corrected chi connectivity index (χ0v) is 21.9. The molecule has 1 saturated heterocycles. The van der Waals surface area contributed by atoms with Gasteiger partial charge in [-0.05, 0) is 44.0 Å². The molecule has 1 aliphatic rings. The number of para-hydroxylation sites is 1. The molecule has 16 heteroatoms. The minimum Gasteiger partial charge on any atom is -0.465 e. The number of azide groups is 1. The SMILES string of the molecule is CCCOC(=O)[C@H](C)NP(=O)(OC[C@H]1OC(n2ccc(N)nc2=O)[C@](C)(N=[N+]=[N-])[C@@H]1O)Oc1ccccc1. The third-order valence-electron chi connectivity index (χ3n) is 5.65. The van der Waals surface area contributed by atoms with E-state index in [9.17, 15) is 19.3 Å². The average Bonchev–Trinajstić information content (AvgIpc) is 3.11. The molecular weight excluding hydrogens is 521 g/mol. The van der Waals surface area contributed by atoms with Gasteiger partial charge in [0.2, 0.25) is 0 Å². The van der Waals surface area contributed by atoms with Crippen molar-refractivity contribution in [2.24, 2.45) is 5.11 Å². The molecule has 4 N–H and O–H groups in total. The van der Waals surface area contributed by atoms with Crippen molar-refractivity contribution in [2.75, 3.05) is 18.9 Å². The Morgan fingerprint density at radius 2 is 2.13 bits per heavy atom. The largest absolute Gasteiger partial charge is 0.465 e. The molecular formula is C22H30N7O8P. The summed E-state index contributed by atoms with van der Waals surface area (Å²) in [5.74, 6) is -0.524. The monoisotopic (exact) mass is 551 g/mol. The third kappa shape index (κ3) is 6.70. The molecule has 1 aromatic heterocycles. The number of rotatable bonds is 12. The maximum Gasteiger partial charge on any atom is 0.459 e. The fourth-order valence-corrected chi connectivity index (χ4v) is 5.19. The van der Waals surface area contributed by atoms with Gasteiger partial charge < -0.3 is 24.8 Å². The van der Waals surface area contributed by atoms with E-state index in [1.165, 1.54) is 38.2 Å². The lowest BCUT2D eigenvalue weighted by molar-refractivity contribution is -0.145. The molecule has 6 atom stereocenters. The first-order valence-corrected chi connectivity index (χ1v) is 13.3. The van der Waals surface area contributed by atoms with Crippen LogP contribution >= 0.6 is 7.75 Å². The number of esters is 1. The molecule has 0 saturated carbocycles. The van der Waals surface area contributed by atoms with E-state index in [0.717, 1.165) is 4.57 Å². The maximum absolute atomic E-state index is 13.7. The highest BCUT2D eigenvalue weighted by molar-refractivity contribution is 7.52. The Kier molecular flexibility index (Phi) is 9.50. The van der Waals surface area contributed by atoms with E-state index in [-0.39, 0.29) is 18.2 Å². The van der Waals surface area contributed by atoms with Crippen molar-refractivity contribution in [1.29, 1.82) is 0 Å². The van der Waals surface area contributed by atoms with Crippen LogP contribution in [0.25, 0.3) is 10.4 Å². The van der Waals surface area contributed by atoms with Gasteiger partial charge in [-0.1, -0.05) is 30.2 Å². The number of nitrogen functional groups attached to an aromatic ring is 1. The lowest BCUT2D eigenvalue weighted by atomic mass is 9.93. The number of nitrogens with two attached hydrogens (primary N) is 1. The first-order valence-electron chi connectivity index (χ1n) is 11.7. The van der Waals surface area contributed by atoms with Crippen LogP contribution in [0.4, 0.5) is 5.82 Å². The summed E-state index contributed by atoms with van der Waals surface area (Å²) in [5, 5.41) is 17.2. The van der Waals surface area contributed by atoms with Crippen LogP contribution in [-0.2, 0) is 23.4 Å². The number of carbonyl (C=O) groups excluding carboxylic acids is 1. The van der Waals surface area contributed by atoms with Crippen molar-refractivity contribution < 1.29 is 33.0 Å². The molecule has 0 spiro atoms. The number of hydrogen-bond donors (Lipinski definition) is 3. The maximum atomic E-state index is 13.7. The molecule has 0 aliphatic carbocycles. The van der Waals surface area contributed by atoms with Crippen LogP contribution in [0.1, 0.15) is 33.4 Å². The Bertz CT molecular complexity index is 1270. The molecule has 206 valence electrons. The molecule has 0 amide bonds. The highest BCUT2D eigenvalue weighted by Gasteiger charge is 2.55. The van der Waals surface area contributed by atoms with Gasteiger partial charge in [0, 0.05) is 11.1 Å². The van der Waals surface area contributed by atoms with Crippen molar-refractivity contribution in [2.45, 2.75) is 57.2 Å². The second kappa shape index (κ2) is 12.4. The smallest absolute Gasteiger partial charge is 0.459 e. The van der Waals surface area contributed by atoms with Crippen LogP contribution in [0.3, 0.4) is 0 Å². The van der Waals surface area contributed by atoms with E-state index >= 15 is 0 Å². The number of carbonyl (C=O) groups is 1. The summed E-state index contributed by atoms with van der Waals surface area (Å²) in [6.45, 7) is 4.28. The van der Waals surface area contributed by atoms with Crippen LogP contribution in [-0.4, -0.2) is 57.6 Å². The van der Waals surface area contributed by atoms with Gasteiger partial charge in [0.05, 0.1) is 19.3 Å². The highest BCUT2D eigenvalue weighted by atomic mass is 31.2. The predicted molar refractivity (Wildman–Crippen MR) is 135 cm³/mol. The molecule has 1 fully saturated rings. The molecule has 15 nitrogen and oxygen atoms in total. The number of nitrogens with zero attached hydrogens (tertiary/aromatic N) is 5. The summed E-state index contributed by atoms with van der Waals surface area (Å²) in [5.41, 5.74) is 12.2. The summed E-state index contributed by atoms with van der Waals surface area (Å²) < 4.78 is 36.8. The summed E-state index contributed by atoms with van der Waals surface area (Å²) in [4.78, 5) is 31.1. The van der Waals surface area contributed by atoms with Gasteiger partial charge in [0.15, 0.2) is 6.23 Å². The van der Waals surface area contributed by atoms with E-state index in [1.54, 1.807) is 18.2 Å². The minimum atomic E-state index is -4.27. The molecule has 0 bridgehead atoms. The third-order valence-corrected chi connectivity index (χ3v) is 7.29. The number of ether oxygens (including phenoxy) is 2. The number of aliphatic hydroxyl groups is 1. The van der Waals surface area contributed by atoms with Crippen molar-refractivity contribution >= 4 is 19.5 Å². The van der Waals surface area contributed by atoms with E-state index in [2.05, 4.69) is 20.1 Å². The van der Waals surface area contributed by atoms with Crippen molar-refractivity contribution in [3.05, 3.63) is 63.5 Å². The quantitative estimate of drug-likeness (QED) is 0.114. The van der Waals surface area contributed by atoms with E-state index in [4.69, 9.17) is 29.8 Å². The Morgan fingerprint density at radius 3 is 2.76 bits per heavy atom. The van der Waals surface area contributed by atoms with Crippen LogP contribution in [0, 0.1) is 0 Å². The minimum absolute atomic E-state index is 0.0353. The van der Waals surface area contributed by atoms with Gasteiger partial charge >= 0.3 is 19.4 Å². The molecule has 1 aliphatic heterocycles.